The van der Waals surface area contributed by atoms with E-state index in [1.165, 1.54) is 0 Å². The van der Waals surface area contributed by atoms with Crippen molar-refractivity contribution in [2.24, 2.45) is 7.05 Å². The minimum absolute atomic E-state index is 0.0211. The molecule has 2 aromatic carbocycles. The van der Waals surface area contributed by atoms with E-state index in [0.717, 1.165) is 17.7 Å². The van der Waals surface area contributed by atoms with Crippen molar-refractivity contribution in [1.82, 2.24) is 24.1 Å². The van der Waals surface area contributed by atoms with Crippen molar-refractivity contribution in [2.45, 2.75) is 12.7 Å². The number of pyridine rings is 1. The van der Waals surface area contributed by atoms with Crippen LogP contribution in [-0.2, 0) is 19.8 Å². The van der Waals surface area contributed by atoms with Crippen LogP contribution in [0.15, 0.2) is 78.0 Å². The fourth-order valence-electron chi connectivity index (χ4n) is 3.65. The molecule has 188 valence electrons. The van der Waals surface area contributed by atoms with Gasteiger partial charge in [0.05, 0.1) is 18.4 Å². The van der Waals surface area contributed by atoms with Crippen LogP contribution in [0.25, 0.3) is 11.2 Å². The predicted octanol–water partition coefficient (Wildman–Crippen LogP) is 5.78. The second kappa shape index (κ2) is 9.58. The Kier molecular flexibility index (Phi) is 6.30. The first-order valence-electron chi connectivity index (χ1n) is 10.9. The highest BCUT2D eigenvalue weighted by atomic mass is 35.5. The number of halogens is 4. The van der Waals surface area contributed by atoms with Crippen LogP contribution in [0.2, 0.25) is 5.02 Å². The van der Waals surface area contributed by atoms with Gasteiger partial charge in [-0.2, -0.15) is 18.2 Å². The van der Waals surface area contributed by atoms with E-state index < -0.39 is 17.3 Å². The predicted molar refractivity (Wildman–Crippen MR) is 132 cm³/mol. The van der Waals surface area contributed by atoms with Gasteiger partial charge in [0.15, 0.2) is 11.2 Å². The molecule has 0 bridgehead atoms. The summed E-state index contributed by atoms with van der Waals surface area (Å²) >= 11 is 6.01. The third-order valence-corrected chi connectivity index (χ3v) is 5.74. The molecule has 37 heavy (non-hydrogen) atoms. The first-order chi connectivity index (χ1) is 17.7. The number of aromatic nitrogens is 5. The molecule has 0 amide bonds. The highest BCUT2D eigenvalue weighted by molar-refractivity contribution is 6.30. The quantitative estimate of drug-likeness (QED) is 0.302. The molecule has 0 atom stereocenters. The Labute approximate surface area is 213 Å². The molecule has 0 aliphatic rings. The molecule has 8 nitrogen and oxygen atoms in total. The summed E-state index contributed by atoms with van der Waals surface area (Å²) in [7, 11) is 1.72. The number of hydrogen-bond donors (Lipinski definition) is 1. The van der Waals surface area contributed by atoms with Crippen LogP contribution in [0.1, 0.15) is 11.1 Å². The molecular formula is C25H18ClF3N6O2. The van der Waals surface area contributed by atoms with Crippen LogP contribution in [0.3, 0.4) is 0 Å². The number of ether oxygens (including phenoxy) is 1. The Morgan fingerprint density at radius 3 is 2.38 bits per heavy atom. The minimum Gasteiger partial charge on any atom is -0.439 e. The van der Waals surface area contributed by atoms with Gasteiger partial charge in [-0.3, -0.25) is 9.36 Å². The number of aryl methyl sites for hydroxylation is 1. The molecule has 3 heterocycles. The van der Waals surface area contributed by atoms with Gasteiger partial charge in [0.2, 0.25) is 11.8 Å². The van der Waals surface area contributed by atoms with E-state index in [4.69, 9.17) is 16.3 Å². The van der Waals surface area contributed by atoms with Crippen molar-refractivity contribution in [3.8, 4) is 11.6 Å². The molecule has 5 rings (SSSR count). The van der Waals surface area contributed by atoms with E-state index in [0.29, 0.717) is 40.4 Å². The first-order valence-corrected chi connectivity index (χ1v) is 11.3. The number of benzene rings is 2. The van der Waals surface area contributed by atoms with E-state index in [2.05, 4.69) is 20.3 Å². The third-order valence-electron chi connectivity index (χ3n) is 5.49. The minimum atomic E-state index is -4.47. The van der Waals surface area contributed by atoms with Crippen LogP contribution < -0.4 is 15.6 Å². The van der Waals surface area contributed by atoms with Gasteiger partial charge in [0.25, 0.3) is 0 Å². The molecular weight excluding hydrogens is 509 g/mol. The van der Waals surface area contributed by atoms with Crippen LogP contribution >= 0.6 is 11.6 Å². The number of alkyl halides is 3. The van der Waals surface area contributed by atoms with Gasteiger partial charge in [0, 0.05) is 30.0 Å². The molecule has 0 unspecified atom stereocenters. The Morgan fingerprint density at radius 2 is 1.73 bits per heavy atom. The number of nitrogens with zero attached hydrogens (tertiary/aromatic N) is 5. The van der Waals surface area contributed by atoms with E-state index >= 15 is 0 Å². The van der Waals surface area contributed by atoms with Gasteiger partial charge in [-0.15, -0.1) is 0 Å². The number of anilines is 2. The smallest absolute Gasteiger partial charge is 0.417 e. The molecule has 0 saturated carbocycles. The summed E-state index contributed by atoms with van der Waals surface area (Å²) in [5, 5.41) is 3.75. The maximum Gasteiger partial charge on any atom is 0.417 e. The molecule has 0 spiro atoms. The summed E-state index contributed by atoms with van der Waals surface area (Å²) in [6.07, 6.45) is -2.21. The zero-order valence-corrected chi connectivity index (χ0v) is 20.0. The Hall–Kier alpha value is -4.38. The average molecular weight is 527 g/mol. The van der Waals surface area contributed by atoms with Gasteiger partial charge < -0.3 is 14.6 Å². The van der Waals surface area contributed by atoms with Crippen molar-refractivity contribution in [2.75, 3.05) is 5.32 Å². The van der Waals surface area contributed by atoms with Gasteiger partial charge in [-0.05, 0) is 48.0 Å². The highest BCUT2D eigenvalue weighted by Crippen LogP contribution is 2.30. The fourth-order valence-corrected chi connectivity index (χ4v) is 3.78. The SMILES string of the molecule is Cn1cnc2c1c(=O)nc(Nc1ccc(Oc3ccc(C(F)(F)F)cn3)cc1)n2Cc1ccc(Cl)cc1. The molecule has 12 heteroatoms. The highest BCUT2D eigenvalue weighted by Gasteiger charge is 2.30. The standard InChI is InChI=1S/C25H18ClF3N6O2/c1-34-14-31-22-21(34)23(36)33-24(35(22)13-15-2-5-17(26)6-3-15)32-18-7-9-19(10-8-18)37-20-11-4-16(12-30-20)25(27,28)29/h2-12,14H,13H2,1H3,(H,32,33,36). The summed E-state index contributed by atoms with van der Waals surface area (Å²) in [5.74, 6) is 0.668. The van der Waals surface area contributed by atoms with Gasteiger partial charge in [-0.25, -0.2) is 9.97 Å². The van der Waals surface area contributed by atoms with Crippen LogP contribution in [0, 0.1) is 0 Å². The number of rotatable bonds is 6. The largest absolute Gasteiger partial charge is 0.439 e. The van der Waals surface area contributed by atoms with Crippen molar-refractivity contribution in [3.05, 3.63) is 99.7 Å². The molecule has 0 aliphatic heterocycles. The van der Waals surface area contributed by atoms with Gasteiger partial charge in [0.1, 0.15) is 5.75 Å². The Bertz CT molecular complexity index is 1610. The monoisotopic (exact) mass is 526 g/mol. The summed E-state index contributed by atoms with van der Waals surface area (Å²) in [4.78, 5) is 25.1. The second-order valence-corrected chi connectivity index (χ2v) is 8.55. The molecule has 0 aliphatic carbocycles. The zero-order chi connectivity index (χ0) is 26.2. The van der Waals surface area contributed by atoms with Crippen LogP contribution in [-0.4, -0.2) is 24.1 Å². The maximum atomic E-state index is 12.7. The molecule has 5 aromatic rings. The zero-order valence-electron chi connectivity index (χ0n) is 19.2. The second-order valence-electron chi connectivity index (χ2n) is 8.12. The number of hydrogen-bond acceptors (Lipinski definition) is 6. The van der Waals surface area contributed by atoms with Crippen LogP contribution in [0.4, 0.5) is 24.8 Å². The molecule has 1 N–H and O–H groups in total. The van der Waals surface area contributed by atoms with Gasteiger partial charge in [-0.1, -0.05) is 23.7 Å². The van der Waals surface area contributed by atoms with Crippen molar-refractivity contribution in [1.29, 1.82) is 0 Å². The molecule has 0 saturated heterocycles. The lowest BCUT2D eigenvalue weighted by molar-refractivity contribution is -0.137. The molecule has 0 fully saturated rings. The summed E-state index contributed by atoms with van der Waals surface area (Å²) in [6.45, 7) is 0.376. The van der Waals surface area contributed by atoms with E-state index in [-0.39, 0.29) is 11.8 Å². The topological polar surface area (TPSA) is 86.9 Å². The van der Waals surface area contributed by atoms with Gasteiger partial charge >= 0.3 is 11.7 Å². The van der Waals surface area contributed by atoms with Crippen molar-refractivity contribution in [3.63, 3.8) is 0 Å². The normalized spacial score (nSPS) is 11.6. The number of fused-ring (bicyclic) bond motifs is 1. The third kappa shape index (κ3) is 5.26. The van der Waals surface area contributed by atoms with E-state index in [9.17, 15) is 18.0 Å². The van der Waals surface area contributed by atoms with Crippen molar-refractivity contribution < 1.29 is 17.9 Å². The Balaban J connectivity index is 1.41. The van der Waals surface area contributed by atoms with Crippen LogP contribution in [0.5, 0.6) is 11.6 Å². The summed E-state index contributed by atoms with van der Waals surface area (Å²) in [5.41, 5.74) is 1.07. The van der Waals surface area contributed by atoms with Crippen molar-refractivity contribution >= 4 is 34.4 Å². The average Bonchev–Trinajstić information content (AvgIpc) is 3.26. The fraction of sp³-hybridized carbons (Fsp3) is 0.120. The maximum absolute atomic E-state index is 12.7. The molecule has 0 radical (unpaired) electrons. The lowest BCUT2D eigenvalue weighted by atomic mass is 10.2. The number of imidazole rings is 1. The number of nitrogens with one attached hydrogen (secondary N) is 1. The first kappa shape index (κ1) is 24.3. The Morgan fingerprint density at radius 1 is 1.00 bits per heavy atom. The lowest BCUT2D eigenvalue weighted by Gasteiger charge is -2.15. The molecule has 3 aromatic heterocycles. The summed E-state index contributed by atoms with van der Waals surface area (Å²) < 4.78 is 47.1. The van der Waals surface area contributed by atoms with E-state index in [1.807, 2.05) is 12.1 Å². The van der Waals surface area contributed by atoms with E-state index in [1.54, 1.807) is 58.9 Å². The lowest BCUT2D eigenvalue weighted by Crippen LogP contribution is -2.19. The summed E-state index contributed by atoms with van der Waals surface area (Å²) in [6, 6.07) is 15.9.